The van der Waals surface area contributed by atoms with Gasteiger partial charge in [-0.3, -0.25) is 14.5 Å². The van der Waals surface area contributed by atoms with E-state index in [1.165, 1.54) is 19.3 Å². The minimum absolute atomic E-state index is 0.0444. The molecule has 150 valence electrons. The topological polar surface area (TPSA) is 74.6 Å². The predicted molar refractivity (Wildman–Crippen MR) is 108 cm³/mol. The number of nitrogens with zero attached hydrogens (tertiary/aromatic N) is 1. The van der Waals surface area contributed by atoms with Gasteiger partial charge >= 0.3 is 0 Å². The molecule has 2 N–H and O–H groups in total. The second kappa shape index (κ2) is 10.3. The fourth-order valence-electron chi connectivity index (χ4n) is 3.41. The lowest BCUT2D eigenvalue weighted by Crippen LogP contribution is -2.41. The Hall–Kier alpha value is -2.31. The van der Waals surface area contributed by atoms with Crippen LogP contribution in [0.3, 0.4) is 0 Å². The molecule has 1 aromatic heterocycles. The summed E-state index contributed by atoms with van der Waals surface area (Å²) in [5.41, 5.74) is 0.521. The van der Waals surface area contributed by atoms with Gasteiger partial charge in [-0.15, -0.1) is 0 Å². The molecule has 7 heteroatoms. The van der Waals surface area contributed by atoms with Crippen LogP contribution < -0.4 is 10.6 Å². The molecule has 1 aliphatic rings. The predicted octanol–water partition coefficient (Wildman–Crippen LogP) is 3.40. The monoisotopic (exact) mass is 403 g/mol. The summed E-state index contributed by atoms with van der Waals surface area (Å²) in [5.74, 6) is 0.564. The molecule has 2 amide bonds. The maximum Gasteiger partial charge on any atom is 0.251 e. The summed E-state index contributed by atoms with van der Waals surface area (Å²) in [5, 5.41) is 6.32. The number of amides is 2. The fraction of sp³-hybridized carbons (Fsp3) is 0.429. The van der Waals surface area contributed by atoms with Crippen molar-refractivity contribution < 1.29 is 14.0 Å². The molecule has 1 saturated heterocycles. The van der Waals surface area contributed by atoms with E-state index in [2.05, 4.69) is 15.5 Å². The van der Waals surface area contributed by atoms with Crippen LogP contribution in [-0.4, -0.2) is 42.9 Å². The normalized spacial score (nSPS) is 15.8. The van der Waals surface area contributed by atoms with Crippen LogP contribution in [0.25, 0.3) is 0 Å². The Balaban J connectivity index is 1.44. The van der Waals surface area contributed by atoms with E-state index in [-0.39, 0.29) is 30.8 Å². The fourth-order valence-corrected chi connectivity index (χ4v) is 3.54. The summed E-state index contributed by atoms with van der Waals surface area (Å²) in [6.45, 7) is 2.80. The third-order valence-electron chi connectivity index (χ3n) is 4.94. The van der Waals surface area contributed by atoms with Crippen LogP contribution in [0.2, 0.25) is 5.02 Å². The van der Waals surface area contributed by atoms with Gasteiger partial charge in [0.25, 0.3) is 5.91 Å². The lowest BCUT2D eigenvalue weighted by Gasteiger charge is -2.33. The summed E-state index contributed by atoms with van der Waals surface area (Å²) in [6.07, 6.45) is 5.48. The summed E-state index contributed by atoms with van der Waals surface area (Å²) >= 11 is 5.82. The van der Waals surface area contributed by atoms with Crippen molar-refractivity contribution in [3.05, 3.63) is 59.0 Å². The highest BCUT2D eigenvalue weighted by molar-refractivity contribution is 6.30. The summed E-state index contributed by atoms with van der Waals surface area (Å²) in [6, 6.07) is 10.5. The van der Waals surface area contributed by atoms with Crippen LogP contribution in [0, 0.1) is 0 Å². The van der Waals surface area contributed by atoms with Gasteiger partial charge in [-0.1, -0.05) is 18.0 Å². The van der Waals surface area contributed by atoms with Gasteiger partial charge in [0.2, 0.25) is 5.91 Å². The Morgan fingerprint density at radius 2 is 1.82 bits per heavy atom. The Kier molecular flexibility index (Phi) is 7.51. The van der Waals surface area contributed by atoms with Gasteiger partial charge in [0.1, 0.15) is 5.76 Å². The molecule has 1 aromatic carbocycles. The Morgan fingerprint density at radius 3 is 2.50 bits per heavy atom. The van der Waals surface area contributed by atoms with E-state index in [1.54, 1.807) is 30.5 Å². The highest BCUT2D eigenvalue weighted by atomic mass is 35.5. The highest BCUT2D eigenvalue weighted by Gasteiger charge is 2.24. The van der Waals surface area contributed by atoms with Crippen molar-refractivity contribution in [2.45, 2.75) is 31.7 Å². The number of likely N-dealkylation sites (tertiary alicyclic amines) is 1. The van der Waals surface area contributed by atoms with Crippen LogP contribution in [0.4, 0.5) is 0 Å². The van der Waals surface area contributed by atoms with Crippen molar-refractivity contribution in [1.29, 1.82) is 0 Å². The second-order valence-electron chi connectivity index (χ2n) is 6.94. The average Bonchev–Trinajstić information content (AvgIpc) is 3.24. The van der Waals surface area contributed by atoms with E-state index < -0.39 is 0 Å². The number of benzene rings is 1. The molecule has 2 heterocycles. The zero-order valence-corrected chi connectivity index (χ0v) is 16.6. The molecule has 0 bridgehead atoms. The van der Waals surface area contributed by atoms with Crippen LogP contribution in [0.1, 0.15) is 47.8 Å². The van der Waals surface area contributed by atoms with Gasteiger partial charge in [0.05, 0.1) is 12.3 Å². The van der Waals surface area contributed by atoms with E-state index in [1.807, 2.05) is 12.1 Å². The van der Waals surface area contributed by atoms with Gasteiger partial charge in [0, 0.05) is 30.1 Å². The van der Waals surface area contributed by atoms with Crippen LogP contribution in [0.5, 0.6) is 0 Å². The number of furan rings is 1. The molecule has 1 atom stereocenters. The Labute approximate surface area is 170 Å². The first kappa shape index (κ1) is 20.4. The maximum absolute atomic E-state index is 12.2. The molecule has 0 unspecified atom stereocenters. The number of halogens is 1. The first-order valence-corrected chi connectivity index (χ1v) is 10.1. The molecule has 3 rings (SSSR count). The lowest BCUT2D eigenvalue weighted by molar-refractivity contribution is -0.121. The molecule has 0 spiro atoms. The van der Waals surface area contributed by atoms with Gasteiger partial charge in [-0.25, -0.2) is 0 Å². The number of hydrogen-bond acceptors (Lipinski definition) is 4. The van der Waals surface area contributed by atoms with E-state index >= 15 is 0 Å². The number of carbonyl (C=O) groups excluding carboxylic acids is 2. The number of rotatable bonds is 8. The van der Waals surface area contributed by atoms with Crippen LogP contribution in [-0.2, 0) is 4.79 Å². The number of carbonyl (C=O) groups is 2. The number of nitrogens with one attached hydrogen (secondary N) is 2. The summed E-state index contributed by atoms with van der Waals surface area (Å²) in [7, 11) is 0. The van der Waals surface area contributed by atoms with E-state index in [0.29, 0.717) is 17.1 Å². The van der Waals surface area contributed by atoms with Crippen molar-refractivity contribution in [2.24, 2.45) is 0 Å². The van der Waals surface area contributed by atoms with Crippen molar-refractivity contribution in [1.82, 2.24) is 15.5 Å². The molecular weight excluding hydrogens is 378 g/mol. The maximum atomic E-state index is 12.2. The molecule has 6 nitrogen and oxygen atoms in total. The molecule has 28 heavy (non-hydrogen) atoms. The number of hydrogen-bond donors (Lipinski definition) is 2. The third kappa shape index (κ3) is 5.84. The van der Waals surface area contributed by atoms with E-state index in [0.717, 1.165) is 18.8 Å². The second-order valence-corrected chi connectivity index (χ2v) is 7.38. The van der Waals surface area contributed by atoms with Gasteiger partial charge in [-0.05, 0) is 62.3 Å². The van der Waals surface area contributed by atoms with Crippen LogP contribution >= 0.6 is 11.6 Å². The van der Waals surface area contributed by atoms with E-state index in [9.17, 15) is 9.59 Å². The molecular formula is C21H26ClN3O3. The molecule has 2 aromatic rings. The van der Waals surface area contributed by atoms with Gasteiger partial charge < -0.3 is 15.1 Å². The first-order chi connectivity index (χ1) is 13.6. The van der Waals surface area contributed by atoms with Crippen molar-refractivity contribution in [2.75, 3.05) is 26.2 Å². The minimum atomic E-state index is -0.216. The number of piperidine rings is 1. The average molecular weight is 404 g/mol. The van der Waals surface area contributed by atoms with Crippen molar-refractivity contribution in [3.63, 3.8) is 0 Å². The lowest BCUT2D eigenvalue weighted by atomic mass is 10.1. The zero-order valence-electron chi connectivity index (χ0n) is 15.8. The minimum Gasteiger partial charge on any atom is -0.468 e. The van der Waals surface area contributed by atoms with Gasteiger partial charge in [0.15, 0.2) is 0 Å². The standard InChI is InChI=1S/C21H26ClN3O3/c22-17-8-6-16(7-9-17)21(27)23-11-10-20(26)24-15-18(19-5-4-14-28-19)25-12-2-1-3-13-25/h4-9,14,18H,1-3,10-13,15H2,(H,23,27)(H,24,26)/t18-/m0/s1. The molecule has 1 fully saturated rings. The van der Waals surface area contributed by atoms with Crippen LogP contribution in [0.15, 0.2) is 47.1 Å². The molecule has 0 radical (unpaired) electrons. The molecule has 0 aliphatic carbocycles. The largest absolute Gasteiger partial charge is 0.468 e. The van der Waals surface area contributed by atoms with Crippen molar-refractivity contribution >= 4 is 23.4 Å². The SMILES string of the molecule is O=C(CCNC(=O)c1ccc(Cl)cc1)NC[C@@H](c1ccco1)N1CCCCC1. The highest BCUT2D eigenvalue weighted by Crippen LogP contribution is 2.24. The van der Waals surface area contributed by atoms with Gasteiger partial charge in [-0.2, -0.15) is 0 Å². The molecule has 1 aliphatic heterocycles. The van der Waals surface area contributed by atoms with Crippen molar-refractivity contribution in [3.8, 4) is 0 Å². The summed E-state index contributed by atoms with van der Waals surface area (Å²) in [4.78, 5) is 26.7. The Bertz CT molecular complexity index is 756. The zero-order chi connectivity index (χ0) is 19.8. The third-order valence-corrected chi connectivity index (χ3v) is 5.19. The quantitative estimate of drug-likeness (QED) is 0.708. The van der Waals surface area contributed by atoms with E-state index in [4.69, 9.17) is 16.0 Å². The summed E-state index contributed by atoms with van der Waals surface area (Å²) < 4.78 is 5.59. The molecule has 0 saturated carbocycles. The Morgan fingerprint density at radius 1 is 1.07 bits per heavy atom. The first-order valence-electron chi connectivity index (χ1n) is 9.71. The smallest absolute Gasteiger partial charge is 0.251 e.